The fourth-order valence-corrected chi connectivity index (χ4v) is 2.77. The maximum absolute atomic E-state index is 12.6. The predicted octanol–water partition coefficient (Wildman–Crippen LogP) is 5.71. The fourth-order valence-electron chi connectivity index (χ4n) is 2.77. The van der Waals surface area contributed by atoms with Gasteiger partial charge in [-0.15, -0.1) is 0 Å². The highest BCUT2D eigenvalue weighted by molar-refractivity contribution is 5.97. The SMILES string of the molecule is C=C(C)OC(=NC)c1cc(C)c2cc(OCC(F)(F)F)cc(C(C)(C)C)c2n1. The number of aliphatic imine (C=N–C) groups is 1. The fraction of sp³-hybridized carbons (Fsp3) is 0.429. The number of halogens is 3. The van der Waals surface area contributed by atoms with Crippen molar-refractivity contribution >= 4 is 16.8 Å². The van der Waals surface area contributed by atoms with Gasteiger partial charge in [0.05, 0.1) is 11.3 Å². The molecule has 0 N–H and O–H groups in total. The molecule has 0 atom stereocenters. The Bertz CT molecular complexity index is 926. The molecule has 28 heavy (non-hydrogen) atoms. The van der Waals surface area contributed by atoms with Crippen LogP contribution < -0.4 is 4.74 Å². The molecular formula is C21H25F3N2O2. The van der Waals surface area contributed by atoms with Crippen LogP contribution in [-0.2, 0) is 10.2 Å². The molecule has 0 fully saturated rings. The van der Waals surface area contributed by atoms with Gasteiger partial charge in [-0.2, -0.15) is 13.2 Å². The van der Waals surface area contributed by atoms with E-state index in [1.165, 1.54) is 0 Å². The van der Waals surface area contributed by atoms with E-state index in [9.17, 15) is 13.2 Å². The molecule has 0 unspecified atom stereocenters. The molecule has 0 aliphatic carbocycles. The van der Waals surface area contributed by atoms with Crippen molar-refractivity contribution < 1.29 is 22.6 Å². The Morgan fingerprint density at radius 3 is 2.32 bits per heavy atom. The molecule has 0 saturated heterocycles. The Labute approximate surface area is 163 Å². The molecule has 4 nitrogen and oxygen atoms in total. The number of hydrogen-bond acceptors (Lipinski definition) is 4. The normalized spacial score (nSPS) is 13.0. The van der Waals surface area contributed by atoms with Crippen molar-refractivity contribution in [2.45, 2.75) is 46.2 Å². The zero-order valence-corrected chi connectivity index (χ0v) is 17.0. The Morgan fingerprint density at radius 2 is 1.82 bits per heavy atom. The number of nitrogens with zero attached hydrogens (tertiary/aromatic N) is 2. The van der Waals surface area contributed by atoms with Gasteiger partial charge in [-0.3, -0.25) is 4.99 Å². The van der Waals surface area contributed by atoms with Crippen molar-refractivity contribution in [3.63, 3.8) is 0 Å². The molecular weight excluding hydrogens is 369 g/mol. The summed E-state index contributed by atoms with van der Waals surface area (Å²) < 4.78 is 48.3. The van der Waals surface area contributed by atoms with Crippen molar-refractivity contribution in [1.29, 1.82) is 0 Å². The van der Waals surface area contributed by atoms with Crippen LogP contribution in [-0.4, -0.2) is 30.7 Å². The van der Waals surface area contributed by atoms with E-state index in [1.807, 2.05) is 27.7 Å². The molecule has 0 aliphatic rings. The topological polar surface area (TPSA) is 43.7 Å². The lowest BCUT2D eigenvalue weighted by atomic mass is 9.84. The van der Waals surface area contributed by atoms with Crippen molar-refractivity contribution in [2.75, 3.05) is 13.7 Å². The summed E-state index contributed by atoms with van der Waals surface area (Å²) in [7, 11) is 1.60. The average molecular weight is 394 g/mol. The van der Waals surface area contributed by atoms with Crippen molar-refractivity contribution in [2.24, 2.45) is 4.99 Å². The first-order valence-corrected chi connectivity index (χ1v) is 8.78. The van der Waals surface area contributed by atoms with Crippen LogP contribution in [0.15, 0.2) is 35.5 Å². The summed E-state index contributed by atoms with van der Waals surface area (Å²) in [5, 5.41) is 0.721. The lowest BCUT2D eigenvalue weighted by molar-refractivity contribution is -0.153. The molecule has 0 aliphatic heterocycles. The summed E-state index contributed by atoms with van der Waals surface area (Å²) in [6.07, 6.45) is -4.40. The van der Waals surface area contributed by atoms with Crippen molar-refractivity contribution in [3.05, 3.63) is 47.4 Å². The van der Waals surface area contributed by atoms with E-state index >= 15 is 0 Å². The monoisotopic (exact) mass is 394 g/mol. The minimum atomic E-state index is -4.40. The van der Waals surface area contributed by atoms with Crippen LogP contribution >= 0.6 is 0 Å². The van der Waals surface area contributed by atoms with Crippen LogP contribution in [0.3, 0.4) is 0 Å². The van der Waals surface area contributed by atoms with Gasteiger partial charge in [-0.25, -0.2) is 4.98 Å². The second-order valence-corrected chi connectivity index (χ2v) is 7.68. The number of alkyl halides is 3. The first kappa shape index (κ1) is 21.7. The third-order valence-corrected chi connectivity index (χ3v) is 4.00. The van der Waals surface area contributed by atoms with Crippen LogP contribution in [0.25, 0.3) is 10.9 Å². The van der Waals surface area contributed by atoms with Gasteiger partial charge >= 0.3 is 6.18 Å². The van der Waals surface area contributed by atoms with Crippen LogP contribution in [0, 0.1) is 6.92 Å². The quantitative estimate of drug-likeness (QED) is 0.379. The van der Waals surface area contributed by atoms with E-state index < -0.39 is 12.8 Å². The number of rotatable bonds is 4. The molecule has 0 radical (unpaired) electrons. The molecule has 2 aromatic rings. The Hall–Kier alpha value is -2.57. The van der Waals surface area contributed by atoms with E-state index in [1.54, 1.807) is 32.2 Å². The number of allylic oxidation sites excluding steroid dienone is 1. The molecule has 1 aromatic heterocycles. The molecule has 1 heterocycles. The standard InChI is InChI=1S/C21H25F3N2O2/c1-12(2)28-19(25-7)17-8-13(3)15-9-14(27-11-21(22,23)24)10-16(18(15)26-17)20(4,5)6/h8-10H,1,11H2,2-7H3. The molecule has 1 aromatic carbocycles. The molecule has 0 amide bonds. The van der Waals surface area contributed by atoms with Gasteiger partial charge in [-0.05, 0) is 48.6 Å². The summed E-state index contributed by atoms with van der Waals surface area (Å²) in [5.74, 6) is 0.969. The third-order valence-electron chi connectivity index (χ3n) is 4.00. The number of aromatic nitrogens is 1. The number of benzene rings is 1. The van der Waals surface area contributed by atoms with Gasteiger partial charge in [0.1, 0.15) is 11.4 Å². The van der Waals surface area contributed by atoms with Crippen LogP contribution in [0.4, 0.5) is 13.2 Å². The van der Waals surface area contributed by atoms with Gasteiger partial charge in [0, 0.05) is 12.4 Å². The lowest BCUT2D eigenvalue weighted by Crippen LogP contribution is -2.20. The highest BCUT2D eigenvalue weighted by Gasteiger charge is 2.29. The molecule has 152 valence electrons. The molecule has 0 saturated carbocycles. The Kier molecular flexibility index (Phi) is 6.06. The minimum Gasteiger partial charge on any atom is -0.484 e. The number of pyridine rings is 1. The van der Waals surface area contributed by atoms with Gasteiger partial charge in [0.15, 0.2) is 6.61 Å². The van der Waals surface area contributed by atoms with Gasteiger partial charge < -0.3 is 9.47 Å². The lowest BCUT2D eigenvalue weighted by Gasteiger charge is -2.23. The van der Waals surface area contributed by atoms with E-state index in [2.05, 4.69) is 11.6 Å². The number of ether oxygens (including phenoxy) is 2. The zero-order valence-electron chi connectivity index (χ0n) is 17.0. The van der Waals surface area contributed by atoms with E-state index in [0.29, 0.717) is 22.9 Å². The zero-order chi connectivity index (χ0) is 21.3. The molecule has 2 rings (SSSR count). The van der Waals surface area contributed by atoms with Crippen LogP contribution in [0.5, 0.6) is 5.75 Å². The average Bonchev–Trinajstić information content (AvgIpc) is 2.55. The summed E-state index contributed by atoms with van der Waals surface area (Å²) in [4.78, 5) is 8.84. The summed E-state index contributed by atoms with van der Waals surface area (Å²) >= 11 is 0. The highest BCUT2D eigenvalue weighted by Crippen LogP contribution is 2.35. The molecule has 0 bridgehead atoms. The maximum Gasteiger partial charge on any atom is 0.422 e. The van der Waals surface area contributed by atoms with Gasteiger partial charge in [0.25, 0.3) is 0 Å². The predicted molar refractivity (Wildman–Crippen MR) is 105 cm³/mol. The van der Waals surface area contributed by atoms with Crippen molar-refractivity contribution in [1.82, 2.24) is 4.98 Å². The Balaban J connectivity index is 2.68. The largest absolute Gasteiger partial charge is 0.484 e. The highest BCUT2D eigenvalue weighted by atomic mass is 19.4. The second kappa shape index (κ2) is 7.81. The minimum absolute atomic E-state index is 0.162. The Morgan fingerprint density at radius 1 is 1.18 bits per heavy atom. The van der Waals surface area contributed by atoms with Gasteiger partial charge in [0.2, 0.25) is 5.90 Å². The summed E-state index contributed by atoms with van der Waals surface area (Å²) in [6, 6.07) is 4.99. The molecule has 0 spiro atoms. The number of hydrogen-bond donors (Lipinski definition) is 0. The molecule has 7 heteroatoms. The van der Waals surface area contributed by atoms with E-state index in [4.69, 9.17) is 14.5 Å². The maximum atomic E-state index is 12.6. The van der Waals surface area contributed by atoms with Crippen LogP contribution in [0.1, 0.15) is 44.5 Å². The second-order valence-electron chi connectivity index (χ2n) is 7.68. The third kappa shape index (κ3) is 5.24. The summed E-state index contributed by atoms with van der Waals surface area (Å²) in [5.41, 5.74) is 2.44. The number of fused-ring (bicyclic) bond motifs is 1. The van der Waals surface area contributed by atoms with Crippen LogP contribution in [0.2, 0.25) is 0 Å². The number of aryl methyl sites for hydroxylation is 1. The van der Waals surface area contributed by atoms with E-state index in [0.717, 1.165) is 16.5 Å². The van der Waals surface area contributed by atoms with E-state index in [-0.39, 0.29) is 11.2 Å². The summed E-state index contributed by atoms with van der Waals surface area (Å²) in [6.45, 7) is 11.9. The first-order valence-electron chi connectivity index (χ1n) is 8.78. The van der Waals surface area contributed by atoms with Crippen molar-refractivity contribution in [3.8, 4) is 5.75 Å². The van der Waals surface area contributed by atoms with Gasteiger partial charge in [-0.1, -0.05) is 27.4 Å². The smallest absolute Gasteiger partial charge is 0.422 e. The first-order chi connectivity index (χ1) is 12.8.